The Hall–Kier alpha value is -2.02. The molecule has 1 aromatic carbocycles. The van der Waals surface area contributed by atoms with Gasteiger partial charge in [-0.25, -0.2) is 4.79 Å². The van der Waals surface area contributed by atoms with Crippen LogP contribution in [0, 0.1) is 0 Å². The molecule has 110 valence electrons. The van der Waals surface area contributed by atoms with Gasteiger partial charge < -0.3 is 19.1 Å². The number of hydrogen-bond donors (Lipinski definition) is 1. The summed E-state index contributed by atoms with van der Waals surface area (Å²) in [4.78, 5) is 10.9. The van der Waals surface area contributed by atoms with Crippen LogP contribution in [-0.2, 0) is 6.42 Å². The summed E-state index contributed by atoms with van der Waals surface area (Å²) in [5, 5.41) is 12.5. The van der Waals surface area contributed by atoms with Crippen molar-refractivity contribution in [3.8, 4) is 22.8 Å². The van der Waals surface area contributed by atoms with Crippen molar-refractivity contribution in [1.82, 2.24) is 5.16 Å². The van der Waals surface area contributed by atoms with Crippen molar-refractivity contribution < 1.29 is 23.9 Å². The Balaban J connectivity index is 2.17. The lowest BCUT2D eigenvalue weighted by atomic mass is 10.0. The third-order valence-electron chi connectivity index (χ3n) is 3.22. The Morgan fingerprint density at radius 3 is 2.67 bits per heavy atom. The number of halogens is 1. The van der Waals surface area contributed by atoms with Crippen LogP contribution < -0.4 is 9.47 Å². The molecule has 0 bridgehead atoms. The maximum Gasteiger partial charge on any atom is 0.358 e. The SMILES string of the molecule is CCc1c(-c2cc(C(=O)O)no2)cc(Br)c2c1OCCO2. The largest absolute Gasteiger partial charge is 0.486 e. The maximum atomic E-state index is 10.9. The van der Waals surface area contributed by atoms with E-state index in [4.69, 9.17) is 19.1 Å². The fourth-order valence-electron chi connectivity index (χ4n) is 2.30. The second-order valence-corrected chi connectivity index (χ2v) is 5.33. The molecule has 7 heteroatoms. The van der Waals surface area contributed by atoms with Gasteiger partial charge in [0.25, 0.3) is 0 Å². The summed E-state index contributed by atoms with van der Waals surface area (Å²) >= 11 is 3.45. The van der Waals surface area contributed by atoms with Gasteiger partial charge in [-0.05, 0) is 28.4 Å². The van der Waals surface area contributed by atoms with Crippen molar-refractivity contribution in [1.29, 1.82) is 0 Å². The van der Waals surface area contributed by atoms with Crippen LogP contribution in [0.25, 0.3) is 11.3 Å². The Morgan fingerprint density at radius 2 is 2.05 bits per heavy atom. The van der Waals surface area contributed by atoms with Gasteiger partial charge in [-0.1, -0.05) is 12.1 Å². The molecule has 0 atom stereocenters. The van der Waals surface area contributed by atoms with Crippen LogP contribution >= 0.6 is 15.9 Å². The molecule has 6 nitrogen and oxygen atoms in total. The normalized spacial score (nSPS) is 13.2. The van der Waals surface area contributed by atoms with Gasteiger partial charge in [0.05, 0.1) is 4.47 Å². The van der Waals surface area contributed by atoms with E-state index < -0.39 is 5.97 Å². The average molecular weight is 354 g/mol. The number of aromatic carboxylic acids is 1. The van der Waals surface area contributed by atoms with Crippen LogP contribution in [0.3, 0.4) is 0 Å². The van der Waals surface area contributed by atoms with Gasteiger partial charge >= 0.3 is 5.97 Å². The zero-order chi connectivity index (χ0) is 15.0. The van der Waals surface area contributed by atoms with Crippen molar-refractivity contribution >= 4 is 21.9 Å². The Kier molecular flexibility index (Phi) is 3.59. The number of ether oxygens (including phenoxy) is 2. The smallest absolute Gasteiger partial charge is 0.358 e. The first-order valence-corrected chi connectivity index (χ1v) is 7.22. The standard InChI is InChI=1S/C14H12BrNO5/c1-2-7-8(11-6-10(14(17)18)16-21-11)5-9(15)13-12(7)19-3-4-20-13/h5-6H,2-4H2,1H3,(H,17,18). The zero-order valence-electron chi connectivity index (χ0n) is 11.2. The van der Waals surface area contributed by atoms with Gasteiger partial charge in [-0.2, -0.15) is 0 Å². The molecule has 1 aliphatic rings. The van der Waals surface area contributed by atoms with E-state index in [1.165, 1.54) is 6.07 Å². The highest BCUT2D eigenvalue weighted by Gasteiger charge is 2.24. The molecule has 0 saturated heterocycles. The van der Waals surface area contributed by atoms with Crippen LogP contribution in [0.15, 0.2) is 21.1 Å². The van der Waals surface area contributed by atoms with Gasteiger partial charge in [-0.3, -0.25) is 0 Å². The van der Waals surface area contributed by atoms with E-state index in [1.54, 1.807) is 0 Å². The van der Waals surface area contributed by atoms with Gasteiger partial charge in [0, 0.05) is 17.2 Å². The maximum absolute atomic E-state index is 10.9. The molecule has 1 N–H and O–H groups in total. The molecular formula is C14H12BrNO5. The van der Waals surface area contributed by atoms with Gasteiger partial charge in [0.1, 0.15) is 13.2 Å². The predicted octanol–water partition coefficient (Wildman–Crippen LogP) is 3.14. The van der Waals surface area contributed by atoms with Crippen molar-refractivity contribution in [3.05, 3.63) is 27.9 Å². The molecule has 0 saturated carbocycles. The van der Waals surface area contributed by atoms with Crippen LogP contribution in [0.2, 0.25) is 0 Å². The molecule has 0 unspecified atom stereocenters. The van der Waals surface area contributed by atoms with E-state index >= 15 is 0 Å². The summed E-state index contributed by atoms with van der Waals surface area (Å²) in [5.41, 5.74) is 1.52. The van der Waals surface area contributed by atoms with E-state index in [0.717, 1.165) is 15.6 Å². The number of aromatic nitrogens is 1. The lowest BCUT2D eigenvalue weighted by molar-refractivity contribution is 0.0686. The number of rotatable bonds is 3. The summed E-state index contributed by atoms with van der Waals surface area (Å²) in [6.07, 6.45) is 0.692. The number of hydrogen-bond acceptors (Lipinski definition) is 5. The lowest BCUT2D eigenvalue weighted by Gasteiger charge is -2.23. The highest BCUT2D eigenvalue weighted by atomic mass is 79.9. The van der Waals surface area contributed by atoms with E-state index in [2.05, 4.69) is 21.1 Å². The molecule has 0 aliphatic carbocycles. The molecule has 3 rings (SSSR count). The first-order chi connectivity index (χ1) is 10.1. The molecule has 0 amide bonds. The minimum atomic E-state index is -1.13. The number of fused-ring (bicyclic) bond motifs is 1. The van der Waals surface area contributed by atoms with E-state index in [1.807, 2.05) is 13.0 Å². The monoisotopic (exact) mass is 353 g/mol. The number of carbonyl (C=O) groups is 1. The van der Waals surface area contributed by atoms with Crippen LogP contribution in [0.1, 0.15) is 23.0 Å². The summed E-state index contributed by atoms with van der Waals surface area (Å²) in [5.74, 6) is 0.600. The summed E-state index contributed by atoms with van der Waals surface area (Å²) in [7, 11) is 0. The van der Waals surface area contributed by atoms with Crippen LogP contribution in [0.4, 0.5) is 0 Å². The third kappa shape index (κ3) is 2.37. The first kappa shape index (κ1) is 13.9. The van der Waals surface area contributed by atoms with Gasteiger partial charge in [0.2, 0.25) is 0 Å². The zero-order valence-corrected chi connectivity index (χ0v) is 12.8. The van der Waals surface area contributed by atoms with E-state index in [-0.39, 0.29) is 5.69 Å². The quantitative estimate of drug-likeness (QED) is 0.912. The van der Waals surface area contributed by atoms with Crippen molar-refractivity contribution in [3.63, 3.8) is 0 Å². The number of nitrogens with zero attached hydrogens (tertiary/aromatic N) is 1. The molecule has 1 aliphatic heterocycles. The average Bonchev–Trinajstić information content (AvgIpc) is 2.97. The van der Waals surface area contributed by atoms with Gasteiger partial charge in [0.15, 0.2) is 23.0 Å². The second kappa shape index (κ2) is 5.40. The number of carboxylic acid groups (broad SMARTS) is 1. The van der Waals surface area contributed by atoms with Crippen molar-refractivity contribution in [2.75, 3.05) is 13.2 Å². The molecule has 2 aromatic rings. The summed E-state index contributed by atoms with van der Waals surface area (Å²) in [6, 6.07) is 3.23. The Morgan fingerprint density at radius 1 is 1.33 bits per heavy atom. The Bertz CT molecular complexity index is 710. The lowest BCUT2D eigenvalue weighted by Crippen LogP contribution is -2.17. The number of carboxylic acids is 1. The van der Waals surface area contributed by atoms with E-state index in [0.29, 0.717) is 36.9 Å². The summed E-state index contributed by atoms with van der Waals surface area (Å²) in [6.45, 7) is 2.96. The van der Waals surface area contributed by atoms with Crippen LogP contribution in [-0.4, -0.2) is 29.4 Å². The number of benzene rings is 1. The fourth-order valence-corrected chi connectivity index (χ4v) is 2.82. The topological polar surface area (TPSA) is 81.8 Å². The molecule has 21 heavy (non-hydrogen) atoms. The molecule has 1 aromatic heterocycles. The minimum Gasteiger partial charge on any atom is -0.486 e. The van der Waals surface area contributed by atoms with Gasteiger partial charge in [-0.15, -0.1) is 0 Å². The molecule has 0 spiro atoms. The highest BCUT2D eigenvalue weighted by Crippen LogP contribution is 2.45. The van der Waals surface area contributed by atoms with Crippen molar-refractivity contribution in [2.24, 2.45) is 0 Å². The first-order valence-electron chi connectivity index (χ1n) is 6.43. The predicted molar refractivity (Wildman–Crippen MR) is 77.0 cm³/mol. The third-order valence-corrected chi connectivity index (χ3v) is 3.81. The van der Waals surface area contributed by atoms with Crippen molar-refractivity contribution in [2.45, 2.75) is 13.3 Å². The highest BCUT2D eigenvalue weighted by molar-refractivity contribution is 9.10. The van der Waals surface area contributed by atoms with Crippen LogP contribution in [0.5, 0.6) is 11.5 Å². The second-order valence-electron chi connectivity index (χ2n) is 4.47. The molecule has 2 heterocycles. The molecular weight excluding hydrogens is 342 g/mol. The molecule has 0 fully saturated rings. The minimum absolute atomic E-state index is 0.127. The Labute approximate surface area is 128 Å². The summed E-state index contributed by atoms with van der Waals surface area (Å²) < 4.78 is 17.2. The van der Waals surface area contributed by atoms with E-state index in [9.17, 15) is 4.79 Å². The fraction of sp³-hybridized carbons (Fsp3) is 0.286. The molecule has 0 radical (unpaired) electrons.